The number of hydrogen-bond acceptors (Lipinski definition) is 6. The minimum Gasteiger partial charge on any atom is -0.481 e. The Labute approximate surface area is 172 Å². The van der Waals surface area contributed by atoms with E-state index in [1.54, 1.807) is 13.3 Å². The lowest BCUT2D eigenvalue weighted by atomic mass is 9.91. The van der Waals surface area contributed by atoms with Crippen LogP contribution in [0.3, 0.4) is 0 Å². The molecule has 1 aromatic heterocycles. The number of carbonyl (C=O) groups excluding carboxylic acids is 1. The summed E-state index contributed by atoms with van der Waals surface area (Å²) in [6.45, 7) is 1.87. The van der Waals surface area contributed by atoms with Crippen LogP contribution in [-0.2, 0) is 0 Å². The number of benzene rings is 1. The molecule has 0 aliphatic heterocycles. The van der Waals surface area contributed by atoms with Crippen LogP contribution < -0.4 is 20.1 Å². The molecule has 30 heavy (non-hydrogen) atoms. The number of methoxy groups -OCH3 is 1. The van der Waals surface area contributed by atoms with Gasteiger partial charge in [0.1, 0.15) is 5.75 Å². The fraction of sp³-hybridized carbons (Fsp3) is 0.450. The van der Waals surface area contributed by atoms with Gasteiger partial charge in [-0.05, 0) is 56.9 Å². The molecule has 0 radical (unpaired) electrons. The van der Waals surface area contributed by atoms with Gasteiger partial charge in [-0.1, -0.05) is 0 Å². The number of hydrogen-bond donors (Lipinski definition) is 2. The zero-order valence-corrected chi connectivity index (χ0v) is 16.6. The Kier molecular flexibility index (Phi) is 6.63. The van der Waals surface area contributed by atoms with E-state index in [0.29, 0.717) is 11.8 Å². The van der Waals surface area contributed by atoms with Gasteiger partial charge in [0.2, 0.25) is 11.8 Å². The summed E-state index contributed by atoms with van der Waals surface area (Å²) in [5.74, 6) is 0.350. The van der Waals surface area contributed by atoms with E-state index < -0.39 is 6.36 Å². The fourth-order valence-electron chi connectivity index (χ4n) is 3.34. The minimum atomic E-state index is -4.76. The molecule has 0 saturated heterocycles. The molecule has 0 unspecified atom stereocenters. The number of amides is 1. The molecule has 0 spiro atoms. The van der Waals surface area contributed by atoms with Gasteiger partial charge in [0, 0.05) is 29.4 Å². The van der Waals surface area contributed by atoms with Gasteiger partial charge in [-0.25, -0.2) is 4.98 Å². The second-order valence-electron chi connectivity index (χ2n) is 7.12. The smallest absolute Gasteiger partial charge is 0.481 e. The molecular formula is C20H23F3N4O3. The lowest BCUT2D eigenvalue weighted by Crippen LogP contribution is -2.40. The lowest BCUT2D eigenvalue weighted by Gasteiger charge is -2.29. The first-order chi connectivity index (χ1) is 14.2. The maximum absolute atomic E-state index is 12.4. The predicted octanol–water partition coefficient (Wildman–Crippen LogP) is 3.85. The Morgan fingerprint density at radius 3 is 2.33 bits per heavy atom. The highest BCUT2D eigenvalue weighted by Crippen LogP contribution is 2.24. The molecule has 1 fully saturated rings. The van der Waals surface area contributed by atoms with Gasteiger partial charge in [-0.2, -0.15) is 4.98 Å². The molecule has 1 saturated carbocycles. The molecule has 1 aliphatic carbocycles. The number of ether oxygens (including phenoxy) is 2. The topological polar surface area (TPSA) is 85.4 Å². The number of aromatic nitrogens is 2. The van der Waals surface area contributed by atoms with Crippen molar-refractivity contribution in [2.45, 2.75) is 51.1 Å². The minimum absolute atomic E-state index is 0.00451. The molecule has 10 heteroatoms. The van der Waals surface area contributed by atoms with Crippen LogP contribution in [-0.4, -0.2) is 41.4 Å². The molecule has 162 valence electrons. The normalized spacial score (nSPS) is 19.1. The van der Waals surface area contributed by atoms with Gasteiger partial charge < -0.3 is 20.1 Å². The molecule has 7 nitrogen and oxygen atoms in total. The zero-order chi connectivity index (χ0) is 21.7. The maximum Gasteiger partial charge on any atom is 0.573 e. The van der Waals surface area contributed by atoms with Crippen molar-refractivity contribution in [2.24, 2.45) is 0 Å². The zero-order valence-electron chi connectivity index (χ0n) is 16.6. The van der Waals surface area contributed by atoms with Crippen molar-refractivity contribution in [1.82, 2.24) is 15.3 Å². The maximum atomic E-state index is 12.4. The standard InChI is InChI=1S/C20H23F3N4O3/c1-12-11-24-19(27-18(12)29-2)26-15-7-5-14(6-8-15)25-17(28)13-3-9-16(10-4-13)30-20(21,22)23/h3-4,9-11,14-15H,5-8H2,1-2H3,(H,25,28)(H,24,26,27). The van der Waals surface area contributed by atoms with E-state index in [1.165, 1.54) is 12.1 Å². The summed E-state index contributed by atoms with van der Waals surface area (Å²) in [4.78, 5) is 21.0. The third-order valence-electron chi connectivity index (χ3n) is 4.86. The van der Waals surface area contributed by atoms with Crippen LogP contribution in [0.2, 0.25) is 0 Å². The largest absolute Gasteiger partial charge is 0.573 e. The van der Waals surface area contributed by atoms with Gasteiger partial charge in [-0.15, -0.1) is 13.2 Å². The second-order valence-corrected chi connectivity index (χ2v) is 7.12. The Morgan fingerprint density at radius 2 is 1.73 bits per heavy atom. The van der Waals surface area contributed by atoms with Crippen molar-refractivity contribution in [3.05, 3.63) is 41.6 Å². The molecular weight excluding hydrogens is 401 g/mol. The van der Waals surface area contributed by atoms with Crippen molar-refractivity contribution in [1.29, 1.82) is 0 Å². The fourth-order valence-corrected chi connectivity index (χ4v) is 3.34. The number of rotatable bonds is 6. The number of halogens is 3. The average Bonchev–Trinajstić information content (AvgIpc) is 2.70. The van der Waals surface area contributed by atoms with Gasteiger partial charge >= 0.3 is 6.36 Å². The number of anilines is 1. The van der Waals surface area contributed by atoms with Crippen LogP contribution in [0.25, 0.3) is 0 Å². The second kappa shape index (κ2) is 9.19. The van der Waals surface area contributed by atoms with E-state index in [9.17, 15) is 18.0 Å². The number of carbonyl (C=O) groups is 1. The van der Waals surface area contributed by atoms with Gasteiger partial charge in [0.25, 0.3) is 5.91 Å². The van der Waals surface area contributed by atoms with Crippen LogP contribution in [0.5, 0.6) is 11.6 Å². The summed E-state index contributed by atoms with van der Waals surface area (Å²) in [6.07, 6.45) is 0.116. The van der Waals surface area contributed by atoms with Crippen molar-refractivity contribution < 1.29 is 27.4 Å². The number of nitrogens with zero attached hydrogens (tertiary/aromatic N) is 2. The van der Waals surface area contributed by atoms with E-state index >= 15 is 0 Å². The van der Waals surface area contributed by atoms with E-state index in [4.69, 9.17) is 4.74 Å². The first kappa shape index (κ1) is 21.7. The van der Waals surface area contributed by atoms with Crippen molar-refractivity contribution >= 4 is 11.9 Å². The molecule has 2 aromatic rings. The summed E-state index contributed by atoms with van der Waals surface area (Å²) < 4.78 is 45.7. The summed E-state index contributed by atoms with van der Waals surface area (Å²) in [6, 6.07) is 5.05. The van der Waals surface area contributed by atoms with Gasteiger partial charge in [0.05, 0.1) is 7.11 Å². The van der Waals surface area contributed by atoms with Crippen LogP contribution in [0.15, 0.2) is 30.5 Å². The molecule has 0 atom stereocenters. The molecule has 3 rings (SSSR count). The quantitative estimate of drug-likeness (QED) is 0.733. The summed E-state index contributed by atoms with van der Waals surface area (Å²) >= 11 is 0. The van der Waals surface area contributed by atoms with Crippen molar-refractivity contribution in [3.8, 4) is 11.6 Å². The van der Waals surface area contributed by atoms with Gasteiger partial charge in [0.15, 0.2) is 0 Å². The summed E-state index contributed by atoms with van der Waals surface area (Å²) in [7, 11) is 1.56. The number of aryl methyl sites for hydroxylation is 1. The third kappa shape index (κ3) is 5.98. The summed E-state index contributed by atoms with van der Waals surface area (Å²) in [5.41, 5.74) is 1.14. The highest BCUT2D eigenvalue weighted by atomic mass is 19.4. The molecule has 0 bridgehead atoms. The van der Waals surface area contributed by atoms with Crippen LogP contribution in [0.1, 0.15) is 41.6 Å². The van der Waals surface area contributed by atoms with Crippen LogP contribution in [0.4, 0.5) is 19.1 Å². The monoisotopic (exact) mass is 424 g/mol. The first-order valence-electron chi connectivity index (χ1n) is 9.54. The average molecular weight is 424 g/mol. The number of nitrogens with one attached hydrogen (secondary N) is 2. The van der Waals surface area contributed by atoms with Crippen molar-refractivity contribution in [3.63, 3.8) is 0 Å². The molecule has 1 aromatic carbocycles. The van der Waals surface area contributed by atoms with Crippen LogP contribution >= 0.6 is 0 Å². The lowest BCUT2D eigenvalue weighted by molar-refractivity contribution is -0.274. The van der Waals surface area contributed by atoms with E-state index in [0.717, 1.165) is 43.4 Å². The van der Waals surface area contributed by atoms with E-state index in [1.807, 2.05) is 6.92 Å². The van der Waals surface area contributed by atoms with Crippen LogP contribution in [0, 0.1) is 6.92 Å². The highest BCUT2D eigenvalue weighted by molar-refractivity contribution is 5.94. The van der Waals surface area contributed by atoms with Gasteiger partial charge in [-0.3, -0.25) is 4.79 Å². The Bertz CT molecular complexity index is 867. The SMILES string of the molecule is COc1nc(NC2CCC(NC(=O)c3ccc(OC(F)(F)F)cc3)CC2)ncc1C. The highest BCUT2D eigenvalue weighted by Gasteiger charge is 2.31. The van der Waals surface area contributed by atoms with E-state index in [-0.39, 0.29) is 29.3 Å². The summed E-state index contributed by atoms with van der Waals surface area (Å²) in [5, 5.41) is 6.22. The number of alkyl halides is 3. The first-order valence-corrected chi connectivity index (χ1v) is 9.54. The van der Waals surface area contributed by atoms with Crippen molar-refractivity contribution in [2.75, 3.05) is 12.4 Å². The Hall–Kier alpha value is -3.04. The molecule has 1 heterocycles. The molecule has 2 N–H and O–H groups in total. The third-order valence-corrected chi connectivity index (χ3v) is 4.86. The Balaban J connectivity index is 1.48. The van der Waals surface area contributed by atoms with E-state index in [2.05, 4.69) is 25.3 Å². The Morgan fingerprint density at radius 1 is 1.10 bits per heavy atom. The molecule has 1 amide bonds. The predicted molar refractivity (Wildman–Crippen MR) is 104 cm³/mol. The molecule has 1 aliphatic rings.